The van der Waals surface area contributed by atoms with Gasteiger partial charge in [-0.15, -0.1) is 0 Å². The van der Waals surface area contributed by atoms with Gasteiger partial charge in [0.05, 0.1) is 0 Å². The molecule has 19 heavy (non-hydrogen) atoms. The van der Waals surface area contributed by atoms with Gasteiger partial charge < -0.3 is 16.0 Å². The summed E-state index contributed by atoms with van der Waals surface area (Å²) in [4.78, 5) is 12.4. The second-order valence-corrected chi connectivity index (χ2v) is 4.36. The molecule has 3 N–H and O–H groups in total. The molecule has 1 rings (SSSR count). The van der Waals surface area contributed by atoms with Crippen LogP contribution in [0.3, 0.4) is 0 Å². The number of nitrogen functional groups attached to an aromatic ring is 1. The number of benzene rings is 1. The van der Waals surface area contributed by atoms with Gasteiger partial charge in [0.25, 0.3) is 0 Å². The maximum atomic E-state index is 10.2. The van der Waals surface area contributed by atoms with Gasteiger partial charge in [0.2, 0.25) is 6.41 Å². The first-order valence-corrected chi connectivity index (χ1v) is 6.97. The normalized spacial score (nSPS) is 9.21. The van der Waals surface area contributed by atoms with E-state index < -0.39 is 0 Å². The summed E-state index contributed by atoms with van der Waals surface area (Å²) in [5.41, 5.74) is 7.56. The first kappa shape index (κ1) is 17.3. The van der Waals surface area contributed by atoms with Crippen LogP contribution in [0, 0.1) is 0 Å². The van der Waals surface area contributed by atoms with Gasteiger partial charge in [-0.2, -0.15) is 0 Å². The van der Waals surface area contributed by atoms with Crippen molar-refractivity contribution >= 4 is 17.8 Å². The molecule has 0 aliphatic heterocycles. The van der Waals surface area contributed by atoms with Crippen molar-refractivity contribution in [3.05, 3.63) is 24.3 Å². The van der Waals surface area contributed by atoms with Crippen molar-refractivity contribution in [3.8, 4) is 0 Å². The van der Waals surface area contributed by atoms with Crippen LogP contribution < -0.4 is 16.0 Å². The SMILES string of the molecule is CCC.CCCN(CCNC=O)c1ccc(N)cc1. The molecule has 4 heteroatoms. The van der Waals surface area contributed by atoms with Gasteiger partial charge >= 0.3 is 0 Å². The zero-order valence-corrected chi connectivity index (χ0v) is 12.4. The average Bonchev–Trinajstić information content (AvgIpc) is 2.40. The molecule has 0 atom stereocenters. The van der Waals surface area contributed by atoms with E-state index in [0.29, 0.717) is 6.54 Å². The van der Waals surface area contributed by atoms with E-state index in [9.17, 15) is 4.79 Å². The second-order valence-electron chi connectivity index (χ2n) is 4.36. The fraction of sp³-hybridized carbons (Fsp3) is 0.533. The fourth-order valence-electron chi connectivity index (χ4n) is 1.58. The van der Waals surface area contributed by atoms with Crippen molar-refractivity contribution in [2.75, 3.05) is 30.3 Å². The minimum Gasteiger partial charge on any atom is -0.399 e. The average molecular weight is 265 g/mol. The number of nitrogens with one attached hydrogen (secondary N) is 1. The van der Waals surface area contributed by atoms with E-state index in [1.165, 1.54) is 6.42 Å². The van der Waals surface area contributed by atoms with Gasteiger partial charge in [0.1, 0.15) is 0 Å². The van der Waals surface area contributed by atoms with Crippen molar-refractivity contribution in [1.29, 1.82) is 0 Å². The molecule has 1 aromatic rings. The number of amides is 1. The third-order valence-electron chi connectivity index (χ3n) is 2.36. The molecular weight excluding hydrogens is 238 g/mol. The summed E-state index contributed by atoms with van der Waals surface area (Å²) >= 11 is 0. The summed E-state index contributed by atoms with van der Waals surface area (Å²) in [6, 6.07) is 7.80. The Bertz CT molecular complexity index is 325. The molecule has 0 unspecified atom stereocenters. The lowest BCUT2D eigenvalue weighted by molar-refractivity contribution is -0.109. The summed E-state index contributed by atoms with van der Waals surface area (Å²) in [7, 11) is 0. The van der Waals surface area contributed by atoms with Gasteiger partial charge in [-0.25, -0.2) is 0 Å². The molecular formula is C15H27N3O. The van der Waals surface area contributed by atoms with E-state index in [4.69, 9.17) is 5.73 Å². The van der Waals surface area contributed by atoms with Gasteiger partial charge in [0, 0.05) is 31.0 Å². The molecule has 1 amide bonds. The lowest BCUT2D eigenvalue weighted by Gasteiger charge is -2.24. The molecule has 0 fully saturated rings. The number of hydrogen-bond donors (Lipinski definition) is 2. The molecule has 0 aliphatic carbocycles. The van der Waals surface area contributed by atoms with Crippen molar-refractivity contribution < 1.29 is 4.79 Å². The number of carbonyl (C=O) groups excluding carboxylic acids is 1. The quantitative estimate of drug-likeness (QED) is 0.453. The Kier molecular flexibility index (Phi) is 10.4. The minimum atomic E-state index is 0.661. The third kappa shape index (κ3) is 8.08. The summed E-state index contributed by atoms with van der Waals surface area (Å²) in [5.74, 6) is 0. The maximum Gasteiger partial charge on any atom is 0.207 e. The summed E-state index contributed by atoms with van der Waals surface area (Å²) in [6.07, 6.45) is 3.05. The second kappa shape index (κ2) is 11.4. The van der Waals surface area contributed by atoms with E-state index in [1.807, 2.05) is 24.3 Å². The van der Waals surface area contributed by atoms with Crippen molar-refractivity contribution in [3.63, 3.8) is 0 Å². The van der Waals surface area contributed by atoms with Gasteiger partial charge in [-0.3, -0.25) is 4.79 Å². The number of nitrogens with two attached hydrogens (primary N) is 1. The van der Waals surface area contributed by atoms with E-state index in [1.54, 1.807) is 0 Å². The zero-order chi connectivity index (χ0) is 14.5. The van der Waals surface area contributed by atoms with Crippen LogP contribution in [-0.4, -0.2) is 26.0 Å². The largest absolute Gasteiger partial charge is 0.399 e. The van der Waals surface area contributed by atoms with Crippen molar-refractivity contribution in [1.82, 2.24) is 5.32 Å². The third-order valence-corrected chi connectivity index (χ3v) is 2.36. The molecule has 0 bridgehead atoms. The molecule has 0 aromatic heterocycles. The Morgan fingerprint density at radius 2 is 1.74 bits per heavy atom. The van der Waals surface area contributed by atoms with Gasteiger partial charge in [-0.05, 0) is 30.7 Å². The summed E-state index contributed by atoms with van der Waals surface area (Å²) in [6.45, 7) is 8.84. The van der Waals surface area contributed by atoms with E-state index in [2.05, 4.69) is 31.0 Å². The van der Waals surface area contributed by atoms with Crippen LogP contribution in [-0.2, 0) is 4.79 Å². The number of carbonyl (C=O) groups is 1. The van der Waals surface area contributed by atoms with E-state index in [-0.39, 0.29) is 0 Å². The smallest absolute Gasteiger partial charge is 0.207 e. The Morgan fingerprint density at radius 3 is 2.21 bits per heavy atom. The number of hydrogen-bond acceptors (Lipinski definition) is 3. The molecule has 1 aromatic carbocycles. The van der Waals surface area contributed by atoms with E-state index in [0.717, 1.165) is 37.3 Å². The summed E-state index contributed by atoms with van der Waals surface area (Å²) in [5, 5.41) is 2.67. The Morgan fingerprint density at radius 1 is 1.16 bits per heavy atom. The molecule has 0 radical (unpaired) electrons. The number of anilines is 2. The van der Waals surface area contributed by atoms with Crippen LogP contribution in [0.1, 0.15) is 33.6 Å². The summed E-state index contributed by atoms with van der Waals surface area (Å²) < 4.78 is 0. The Balaban J connectivity index is 0.000000982. The molecule has 4 nitrogen and oxygen atoms in total. The van der Waals surface area contributed by atoms with Crippen LogP contribution in [0.25, 0.3) is 0 Å². The predicted molar refractivity (Wildman–Crippen MR) is 83.4 cm³/mol. The van der Waals surface area contributed by atoms with Crippen LogP contribution in [0.15, 0.2) is 24.3 Å². The molecule has 0 heterocycles. The minimum absolute atomic E-state index is 0.661. The van der Waals surface area contributed by atoms with Crippen LogP contribution >= 0.6 is 0 Å². The first-order chi connectivity index (χ1) is 9.19. The molecule has 0 saturated carbocycles. The number of rotatable bonds is 7. The zero-order valence-electron chi connectivity index (χ0n) is 12.4. The molecule has 108 valence electrons. The van der Waals surface area contributed by atoms with E-state index >= 15 is 0 Å². The number of nitrogens with zero attached hydrogens (tertiary/aromatic N) is 1. The topological polar surface area (TPSA) is 58.4 Å². The van der Waals surface area contributed by atoms with Crippen LogP contribution in [0.4, 0.5) is 11.4 Å². The standard InChI is InChI=1S/C12H19N3O.C3H8/c1-2-8-15(9-7-14-10-16)12-5-3-11(13)4-6-12;1-3-2/h3-6,10H,2,7-9,13H2,1H3,(H,14,16);3H2,1-2H3. The molecule has 0 spiro atoms. The van der Waals surface area contributed by atoms with Gasteiger partial charge in [0.15, 0.2) is 0 Å². The molecule has 0 aliphatic rings. The van der Waals surface area contributed by atoms with Crippen molar-refractivity contribution in [2.24, 2.45) is 0 Å². The maximum absolute atomic E-state index is 10.2. The van der Waals surface area contributed by atoms with Gasteiger partial charge in [-0.1, -0.05) is 27.2 Å². The Labute approximate surface area is 117 Å². The highest BCUT2D eigenvalue weighted by atomic mass is 16.1. The Hall–Kier alpha value is -1.71. The van der Waals surface area contributed by atoms with Crippen LogP contribution in [0.5, 0.6) is 0 Å². The lowest BCUT2D eigenvalue weighted by atomic mass is 10.2. The molecule has 0 saturated heterocycles. The highest BCUT2D eigenvalue weighted by molar-refractivity contribution is 5.53. The highest BCUT2D eigenvalue weighted by Gasteiger charge is 2.04. The lowest BCUT2D eigenvalue weighted by Crippen LogP contribution is -2.32. The van der Waals surface area contributed by atoms with Crippen LogP contribution in [0.2, 0.25) is 0 Å². The first-order valence-electron chi connectivity index (χ1n) is 6.97. The highest BCUT2D eigenvalue weighted by Crippen LogP contribution is 2.16. The predicted octanol–water partition coefficient (Wildman–Crippen LogP) is 2.65. The monoisotopic (exact) mass is 265 g/mol. The fourth-order valence-corrected chi connectivity index (χ4v) is 1.58. The van der Waals surface area contributed by atoms with Crippen molar-refractivity contribution in [2.45, 2.75) is 33.6 Å².